The third-order valence-electron chi connectivity index (χ3n) is 7.28. The van der Waals surface area contributed by atoms with E-state index in [4.69, 9.17) is 9.72 Å². The molecule has 0 radical (unpaired) electrons. The topological polar surface area (TPSA) is 113 Å². The van der Waals surface area contributed by atoms with Gasteiger partial charge < -0.3 is 15.4 Å². The molecule has 0 aliphatic carbocycles. The molecule has 2 aromatic heterocycles. The molecular formula is C28H31N7O3S. The Morgan fingerprint density at radius 3 is 2.72 bits per heavy atom. The maximum atomic E-state index is 12.9. The summed E-state index contributed by atoms with van der Waals surface area (Å²) in [5.41, 5.74) is 2.98. The molecule has 2 saturated heterocycles. The van der Waals surface area contributed by atoms with Crippen LogP contribution in [-0.2, 0) is 10.2 Å². The van der Waals surface area contributed by atoms with E-state index in [1.165, 1.54) is 8.61 Å². The second-order valence-corrected chi connectivity index (χ2v) is 11.9. The number of hydrogen-bond donors (Lipinski definition) is 2. The van der Waals surface area contributed by atoms with Crippen molar-refractivity contribution in [2.75, 3.05) is 42.8 Å². The van der Waals surface area contributed by atoms with Gasteiger partial charge in [-0.3, -0.25) is 4.31 Å². The van der Waals surface area contributed by atoms with E-state index in [2.05, 4.69) is 20.6 Å². The minimum Gasteiger partial charge on any atom is -0.437 e. The Hall–Kier alpha value is -3.80. The van der Waals surface area contributed by atoms with Crippen LogP contribution >= 0.6 is 0 Å². The Morgan fingerprint density at radius 2 is 1.92 bits per heavy atom. The molecule has 2 aromatic carbocycles. The maximum Gasteiger partial charge on any atom is 0.303 e. The number of aryl methyl sites for hydroxylation is 1. The highest BCUT2D eigenvalue weighted by molar-refractivity contribution is 7.90. The second kappa shape index (κ2) is 10.4. The third-order valence-corrected chi connectivity index (χ3v) is 9.18. The summed E-state index contributed by atoms with van der Waals surface area (Å²) >= 11 is 0. The molecule has 10 nitrogen and oxygen atoms in total. The lowest BCUT2D eigenvalue weighted by molar-refractivity contribution is 0.466. The molecule has 4 heterocycles. The number of pyridine rings is 1. The zero-order valence-electron chi connectivity index (χ0n) is 22.0. The number of ether oxygens (including phenoxy) is 1. The van der Waals surface area contributed by atoms with Gasteiger partial charge in [0.2, 0.25) is 11.8 Å². The molecule has 0 saturated carbocycles. The smallest absolute Gasteiger partial charge is 0.303 e. The normalized spacial score (nSPS) is 19.3. The molecule has 2 N–H and O–H groups in total. The molecule has 0 spiro atoms. The highest BCUT2D eigenvalue weighted by Gasteiger charge is 2.35. The van der Waals surface area contributed by atoms with Gasteiger partial charge in [-0.05, 0) is 56.1 Å². The van der Waals surface area contributed by atoms with E-state index in [9.17, 15) is 8.42 Å². The summed E-state index contributed by atoms with van der Waals surface area (Å²) in [5, 5.41) is 8.44. The number of likely N-dealkylation sites (N-methyl/N-ethyl adjacent to an activating group) is 1. The molecule has 2 aliphatic heterocycles. The molecular weight excluding hydrogens is 514 g/mol. The first-order valence-corrected chi connectivity index (χ1v) is 14.5. The van der Waals surface area contributed by atoms with Gasteiger partial charge in [-0.1, -0.05) is 24.3 Å². The van der Waals surface area contributed by atoms with Gasteiger partial charge in [0.15, 0.2) is 0 Å². The summed E-state index contributed by atoms with van der Waals surface area (Å²) in [4.78, 5) is 13.7. The van der Waals surface area contributed by atoms with Crippen molar-refractivity contribution in [2.24, 2.45) is 0 Å². The quantitative estimate of drug-likeness (QED) is 0.375. The summed E-state index contributed by atoms with van der Waals surface area (Å²) in [6, 6.07) is 15.4. The molecule has 0 unspecified atom stereocenters. The van der Waals surface area contributed by atoms with E-state index in [0.717, 1.165) is 47.8 Å². The monoisotopic (exact) mass is 545 g/mol. The van der Waals surface area contributed by atoms with Crippen LogP contribution in [0.1, 0.15) is 18.4 Å². The number of benzene rings is 2. The van der Waals surface area contributed by atoms with Crippen LogP contribution in [0.4, 0.5) is 11.6 Å². The van der Waals surface area contributed by atoms with Crippen LogP contribution in [0.5, 0.6) is 11.6 Å². The van der Waals surface area contributed by atoms with Crippen molar-refractivity contribution >= 4 is 32.6 Å². The second-order valence-electron chi connectivity index (χ2n) is 9.90. The number of nitrogens with zero attached hydrogens (tertiary/aromatic N) is 5. The van der Waals surface area contributed by atoms with Gasteiger partial charge in [0, 0.05) is 55.9 Å². The fourth-order valence-corrected chi connectivity index (χ4v) is 6.52. The van der Waals surface area contributed by atoms with E-state index < -0.39 is 10.2 Å². The first kappa shape index (κ1) is 25.5. The van der Waals surface area contributed by atoms with Gasteiger partial charge in [-0.2, -0.15) is 12.7 Å². The molecule has 11 heteroatoms. The van der Waals surface area contributed by atoms with Gasteiger partial charge >= 0.3 is 10.2 Å². The van der Waals surface area contributed by atoms with Gasteiger partial charge in [0.05, 0.1) is 16.9 Å². The Morgan fingerprint density at radius 1 is 1.03 bits per heavy atom. The van der Waals surface area contributed by atoms with E-state index in [0.29, 0.717) is 42.0 Å². The van der Waals surface area contributed by atoms with Crippen LogP contribution in [0.15, 0.2) is 60.9 Å². The van der Waals surface area contributed by atoms with Crippen molar-refractivity contribution in [2.45, 2.75) is 25.8 Å². The number of aromatic nitrogens is 3. The summed E-state index contributed by atoms with van der Waals surface area (Å²) in [6.45, 7) is 4.72. The minimum absolute atomic E-state index is 0.283. The van der Waals surface area contributed by atoms with Crippen molar-refractivity contribution in [3.63, 3.8) is 0 Å². The van der Waals surface area contributed by atoms with Crippen molar-refractivity contribution in [1.82, 2.24) is 24.6 Å². The van der Waals surface area contributed by atoms with Crippen molar-refractivity contribution < 1.29 is 13.2 Å². The van der Waals surface area contributed by atoms with E-state index in [1.807, 2.05) is 55.5 Å². The lowest BCUT2D eigenvalue weighted by atomic mass is 10.0. The number of nitrogens with one attached hydrogen (secondary N) is 2. The average molecular weight is 546 g/mol. The number of fused-ring (bicyclic) bond motifs is 1. The molecule has 6 rings (SSSR count). The van der Waals surface area contributed by atoms with Crippen LogP contribution < -0.4 is 19.7 Å². The van der Waals surface area contributed by atoms with E-state index in [1.54, 1.807) is 19.4 Å². The lowest BCUT2D eigenvalue weighted by Crippen LogP contribution is -2.38. The Bertz CT molecular complexity index is 1620. The third kappa shape index (κ3) is 4.88. The fraction of sp³-hybridized carbons (Fsp3) is 0.321. The van der Waals surface area contributed by atoms with Crippen molar-refractivity contribution in [3.05, 3.63) is 66.5 Å². The average Bonchev–Trinajstić information content (AvgIpc) is 3.22. The molecule has 39 heavy (non-hydrogen) atoms. The fourth-order valence-electron chi connectivity index (χ4n) is 5.15. The first-order chi connectivity index (χ1) is 18.9. The standard InChI is InChI=1S/C28H31N7O3S/c1-19-10-11-21-22(7-3-9-25(21)35-17-16-34(2)39(35,36)37)26(19)38-27-23(8-5-14-30-27)24-12-15-31-28(33-24)32-20-6-4-13-29-18-20/h3,5,7-12,14-15,20,29H,4,6,13,16-18H2,1-2H3,(H,31,32,33)/t20-/m0/s1. The lowest BCUT2D eigenvalue weighted by Gasteiger charge is -2.23. The summed E-state index contributed by atoms with van der Waals surface area (Å²) in [6.07, 6.45) is 5.61. The first-order valence-electron chi connectivity index (χ1n) is 13.1. The van der Waals surface area contributed by atoms with Gasteiger partial charge in [-0.15, -0.1) is 0 Å². The van der Waals surface area contributed by atoms with Crippen LogP contribution in [-0.4, -0.2) is 66.9 Å². The van der Waals surface area contributed by atoms with Crippen LogP contribution in [0.3, 0.4) is 0 Å². The number of anilines is 2. The molecule has 0 bridgehead atoms. The zero-order chi connectivity index (χ0) is 27.0. The molecule has 2 aliphatic rings. The Balaban J connectivity index is 1.36. The maximum absolute atomic E-state index is 12.9. The molecule has 2 fully saturated rings. The molecule has 0 amide bonds. The Kier molecular flexibility index (Phi) is 6.79. The van der Waals surface area contributed by atoms with E-state index >= 15 is 0 Å². The largest absolute Gasteiger partial charge is 0.437 e. The number of piperidine rings is 1. The Labute approximate surface area is 228 Å². The predicted octanol–water partition coefficient (Wildman–Crippen LogP) is 3.95. The summed E-state index contributed by atoms with van der Waals surface area (Å²) in [5.74, 6) is 1.61. The molecule has 202 valence electrons. The summed E-state index contributed by atoms with van der Waals surface area (Å²) in [7, 11) is -1.96. The highest BCUT2D eigenvalue weighted by Crippen LogP contribution is 2.40. The summed E-state index contributed by atoms with van der Waals surface area (Å²) < 4.78 is 35.2. The van der Waals surface area contributed by atoms with Crippen molar-refractivity contribution in [3.8, 4) is 22.9 Å². The predicted molar refractivity (Wildman–Crippen MR) is 152 cm³/mol. The van der Waals surface area contributed by atoms with Crippen LogP contribution in [0.2, 0.25) is 0 Å². The molecule has 4 aromatic rings. The van der Waals surface area contributed by atoms with Gasteiger partial charge in [-0.25, -0.2) is 15.0 Å². The van der Waals surface area contributed by atoms with Gasteiger partial charge in [0.1, 0.15) is 5.75 Å². The zero-order valence-corrected chi connectivity index (χ0v) is 22.8. The number of rotatable bonds is 6. The molecule has 1 atom stereocenters. The number of hydrogen-bond acceptors (Lipinski definition) is 8. The van der Waals surface area contributed by atoms with Crippen LogP contribution in [0, 0.1) is 6.92 Å². The minimum atomic E-state index is -3.56. The van der Waals surface area contributed by atoms with E-state index in [-0.39, 0.29) is 6.04 Å². The van der Waals surface area contributed by atoms with Gasteiger partial charge in [0.25, 0.3) is 0 Å². The van der Waals surface area contributed by atoms with Crippen LogP contribution in [0.25, 0.3) is 22.0 Å². The SMILES string of the molecule is Cc1ccc2c(N3CCN(C)S3(=O)=O)cccc2c1Oc1ncccc1-c1ccnc(N[C@H]2CCCNC2)n1. The van der Waals surface area contributed by atoms with Crippen molar-refractivity contribution in [1.29, 1.82) is 0 Å². The highest BCUT2D eigenvalue weighted by atomic mass is 32.2.